The molecule has 3 N–H and O–H groups in total. The second kappa shape index (κ2) is 10.6. The van der Waals surface area contributed by atoms with Crippen molar-refractivity contribution in [2.75, 3.05) is 19.7 Å². The minimum atomic E-state index is -1.25. The number of carbonyl (C=O) groups excluding carboxylic acids is 1. The topological polar surface area (TPSA) is 109 Å². The number of rotatable bonds is 5. The molecule has 6 saturated carbocycles. The van der Waals surface area contributed by atoms with Crippen LogP contribution in [0.4, 0.5) is 0 Å². The fourth-order valence-corrected chi connectivity index (χ4v) is 14.2. The first-order valence-corrected chi connectivity index (χ1v) is 19.3. The van der Waals surface area contributed by atoms with Crippen molar-refractivity contribution in [2.45, 2.75) is 162 Å². The molecule has 8 fully saturated rings. The van der Waals surface area contributed by atoms with Gasteiger partial charge in [0, 0.05) is 17.9 Å². The van der Waals surface area contributed by atoms with Gasteiger partial charge in [-0.3, -0.25) is 4.79 Å². The Morgan fingerprint density at radius 2 is 1.70 bits per heavy atom. The standard InChI is InChI=1S/C39H63NO7/c1-22-19-24(31(41)35(4,5)44)46-30-29(22)36(6)15-16-39-21-38(39)14-13-27(34(2,3)25(38)11-12-26(39)37(36,7)32(30)42)47-28-20-40(17-18-45-28)33(43)23-9-8-10-23/h22-32,41-42,44H,8-21H2,1-7H3/t22-,24?,25+,26+,27+,28?,29?,30?,31+,32+,36-,37-,38-,39?/m1/s1. The number of aliphatic hydroxyl groups is 3. The second-order valence-electron chi connectivity index (χ2n) is 19.5. The fraction of sp³-hybridized carbons (Fsp3) is 0.974. The third-order valence-electron chi connectivity index (χ3n) is 17.0. The molecule has 0 bridgehead atoms. The van der Waals surface area contributed by atoms with E-state index in [0.29, 0.717) is 55.2 Å². The highest BCUT2D eigenvalue weighted by molar-refractivity contribution is 5.79. The van der Waals surface area contributed by atoms with E-state index in [9.17, 15) is 20.1 Å². The molecule has 0 aromatic carbocycles. The van der Waals surface area contributed by atoms with Crippen molar-refractivity contribution in [2.24, 2.45) is 56.7 Å². The van der Waals surface area contributed by atoms with Gasteiger partial charge in [-0.05, 0) is 123 Å². The lowest BCUT2D eigenvalue weighted by Crippen LogP contribution is -2.60. The number of nitrogens with zero attached hydrogens (tertiary/aromatic N) is 1. The van der Waals surface area contributed by atoms with Crippen LogP contribution in [0.5, 0.6) is 0 Å². The third kappa shape index (κ3) is 4.36. The molecule has 8 aliphatic rings. The maximum Gasteiger partial charge on any atom is 0.225 e. The van der Waals surface area contributed by atoms with Crippen LogP contribution in [0.1, 0.15) is 119 Å². The maximum atomic E-state index is 13.0. The smallest absolute Gasteiger partial charge is 0.225 e. The summed E-state index contributed by atoms with van der Waals surface area (Å²) >= 11 is 0. The molecule has 6 aliphatic carbocycles. The Hall–Kier alpha value is -0.770. The van der Waals surface area contributed by atoms with Crippen LogP contribution < -0.4 is 0 Å². The van der Waals surface area contributed by atoms with Crippen LogP contribution in [0.2, 0.25) is 0 Å². The highest BCUT2D eigenvalue weighted by atomic mass is 16.7. The lowest BCUT2D eigenvalue weighted by molar-refractivity contribution is -0.248. The molecular weight excluding hydrogens is 594 g/mol. The molecule has 5 unspecified atom stereocenters. The zero-order valence-corrected chi connectivity index (χ0v) is 30.2. The molecule has 2 saturated heterocycles. The van der Waals surface area contributed by atoms with E-state index < -0.39 is 23.9 Å². The van der Waals surface area contributed by atoms with Gasteiger partial charge in [0.1, 0.15) is 6.10 Å². The van der Waals surface area contributed by atoms with Gasteiger partial charge in [-0.2, -0.15) is 0 Å². The third-order valence-corrected chi connectivity index (χ3v) is 17.0. The Balaban J connectivity index is 1.01. The van der Waals surface area contributed by atoms with Crippen molar-refractivity contribution in [1.82, 2.24) is 4.90 Å². The number of hydrogen-bond acceptors (Lipinski definition) is 7. The zero-order chi connectivity index (χ0) is 33.5. The van der Waals surface area contributed by atoms with Crippen LogP contribution >= 0.6 is 0 Å². The first kappa shape index (κ1) is 33.4. The van der Waals surface area contributed by atoms with Crippen molar-refractivity contribution in [3.63, 3.8) is 0 Å². The van der Waals surface area contributed by atoms with Crippen LogP contribution in [-0.2, 0) is 19.0 Å². The van der Waals surface area contributed by atoms with Crippen LogP contribution in [0.15, 0.2) is 0 Å². The minimum absolute atomic E-state index is 0.00163. The monoisotopic (exact) mass is 657 g/mol. The summed E-state index contributed by atoms with van der Waals surface area (Å²) in [6, 6.07) is 0. The van der Waals surface area contributed by atoms with E-state index in [4.69, 9.17) is 14.2 Å². The molecule has 2 spiro atoms. The number of ether oxygens (including phenoxy) is 3. The predicted octanol–water partition coefficient (Wildman–Crippen LogP) is 5.30. The number of amides is 1. The van der Waals surface area contributed by atoms with Crippen LogP contribution in [0, 0.1) is 56.7 Å². The van der Waals surface area contributed by atoms with Gasteiger partial charge in [0.05, 0.1) is 43.2 Å². The first-order chi connectivity index (χ1) is 22.0. The van der Waals surface area contributed by atoms with Gasteiger partial charge in [0.15, 0.2) is 6.29 Å². The van der Waals surface area contributed by atoms with Crippen molar-refractivity contribution < 1.29 is 34.3 Å². The molecule has 1 amide bonds. The lowest BCUT2D eigenvalue weighted by atomic mass is 9.41. The van der Waals surface area contributed by atoms with Crippen molar-refractivity contribution in [3.8, 4) is 0 Å². The lowest BCUT2D eigenvalue weighted by Gasteiger charge is -2.64. The van der Waals surface area contributed by atoms with E-state index in [1.54, 1.807) is 13.8 Å². The molecule has 14 atom stereocenters. The van der Waals surface area contributed by atoms with Gasteiger partial charge in [-0.25, -0.2) is 0 Å². The van der Waals surface area contributed by atoms with E-state index in [1.807, 2.05) is 4.90 Å². The van der Waals surface area contributed by atoms with E-state index in [0.717, 1.165) is 38.5 Å². The molecule has 8 rings (SSSR count). The van der Waals surface area contributed by atoms with Crippen LogP contribution in [0.3, 0.4) is 0 Å². The average Bonchev–Trinajstić information content (AvgIpc) is 3.61. The first-order valence-electron chi connectivity index (χ1n) is 19.3. The van der Waals surface area contributed by atoms with E-state index in [-0.39, 0.29) is 52.0 Å². The average molecular weight is 658 g/mol. The highest BCUT2D eigenvalue weighted by Crippen LogP contribution is 2.89. The van der Waals surface area contributed by atoms with Gasteiger partial charge in [-0.15, -0.1) is 0 Å². The summed E-state index contributed by atoms with van der Waals surface area (Å²) in [7, 11) is 0. The Kier molecular flexibility index (Phi) is 7.55. The number of morpholine rings is 1. The molecule has 47 heavy (non-hydrogen) atoms. The number of hydrogen-bond donors (Lipinski definition) is 3. The maximum absolute atomic E-state index is 13.0. The molecule has 0 radical (unpaired) electrons. The summed E-state index contributed by atoms with van der Waals surface area (Å²) in [4.78, 5) is 15.0. The largest absolute Gasteiger partial charge is 0.390 e. The summed E-state index contributed by atoms with van der Waals surface area (Å²) in [5, 5.41) is 34.1. The minimum Gasteiger partial charge on any atom is -0.390 e. The van der Waals surface area contributed by atoms with Crippen molar-refractivity contribution in [3.05, 3.63) is 0 Å². The quantitative estimate of drug-likeness (QED) is 0.368. The van der Waals surface area contributed by atoms with E-state index >= 15 is 0 Å². The van der Waals surface area contributed by atoms with Crippen LogP contribution in [0.25, 0.3) is 0 Å². The summed E-state index contributed by atoms with van der Waals surface area (Å²) in [6.45, 7) is 17.1. The highest BCUT2D eigenvalue weighted by Gasteiger charge is 2.84. The van der Waals surface area contributed by atoms with Gasteiger partial charge < -0.3 is 34.4 Å². The van der Waals surface area contributed by atoms with Gasteiger partial charge in [-0.1, -0.05) is 41.0 Å². The van der Waals surface area contributed by atoms with E-state index in [2.05, 4.69) is 34.6 Å². The number of fused-ring (bicyclic) bond motifs is 4. The summed E-state index contributed by atoms with van der Waals surface area (Å²) < 4.78 is 19.7. The van der Waals surface area contributed by atoms with E-state index in [1.165, 1.54) is 25.7 Å². The Labute approximate surface area is 282 Å². The SMILES string of the molecule is C[C@@H]1CC([C@H](O)C(C)(C)O)OC2C1[C@@]1(C)CCC34C[C@@]35CC[C@H](OC3CN(C(=O)C6CCC6)CCO3)C(C)(C)[C@@H]5CC[C@H]4[C@]1(C)[C@H]2O. The van der Waals surface area contributed by atoms with Crippen molar-refractivity contribution in [1.29, 1.82) is 0 Å². The summed E-state index contributed by atoms with van der Waals surface area (Å²) in [5.74, 6) is 2.05. The number of carbonyl (C=O) groups is 1. The molecule has 0 aromatic rings. The Morgan fingerprint density at radius 1 is 1.00 bits per heavy atom. The normalized spacial score (nSPS) is 52.6. The molecule has 0 aromatic heterocycles. The van der Waals surface area contributed by atoms with Gasteiger partial charge in [0.25, 0.3) is 0 Å². The molecule has 2 aliphatic heterocycles. The fourth-order valence-electron chi connectivity index (χ4n) is 14.2. The molecule has 8 heteroatoms. The van der Waals surface area contributed by atoms with Crippen LogP contribution in [-0.4, -0.2) is 88.2 Å². The molecule has 266 valence electrons. The molecule has 8 nitrogen and oxygen atoms in total. The second-order valence-corrected chi connectivity index (χ2v) is 19.5. The Bertz CT molecular complexity index is 1260. The zero-order valence-electron chi connectivity index (χ0n) is 30.2. The van der Waals surface area contributed by atoms with Gasteiger partial charge in [0.2, 0.25) is 5.91 Å². The summed E-state index contributed by atoms with van der Waals surface area (Å²) in [6.07, 6.45) is 9.39. The molecular formula is C39H63NO7. The van der Waals surface area contributed by atoms with Gasteiger partial charge >= 0.3 is 0 Å². The predicted molar refractivity (Wildman–Crippen MR) is 177 cm³/mol. The molecule has 2 heterocycles. The number of aliphatic hydroxyl groups excluding tert-OH is 2. The summed E-state index contributed by atoms with van der Waals surface area (Å²) in [5.41, 5.74) is -1.01. The Morgan fingerprint density at radius 3 is 2.38 bits per heavy atom. The van der Waals surface area contributed by atoms with Crippen molar-refractivity contribution >= 4 is 5.91 Å².